The highest BCUT2D eigenvalue weighted by atomic mass is 16.5. The lowest BCUT2D eigenvalue weighted by molar-refractivity contribution is -0.116. The molecule has 2 aromatic rings. The molecule has 0 bridgehead atoms. The lowest BCUT2D eigenvalue weighted by Crippen LogP contribution is -2.12. The van der Waals surface area contributed by atoms with Gasteiger partial charge in [-0.25, -0.2) is 0 Å². The van der Waals surface area contributed by atoms with Crippen LogP contribution in [0.15, 0.2) is 42.5 Å². The standard InChI is InChI=1S/C23H31NO3/c1-4-7-8-18-9-13-20(14-10-18)24-23(25)16-12-19-11-15-21(26-5-2)22(17-19)27-6-3/h9-11,13-15,17H,4-8,12,16H2,1-3H3,(H,24,25). The number of hydrogen-bond donors (Lipinski definition) is 1. The van der Waals surface area contributed by atoms with Crippen LogP contribution in [0, 0.1) is 0 Å². The molecule has 0 aromatic heterocycles. The van der Waals surface area contributed by atoms with Gasteiger partial charge >= 0.3 is 0 Å². The molecule has 0 spiro atoms. The highest BCUT2D eigenvalue weighted by Gasteiger charge is 2.08. The van der Waals surface area contributed by atoms with Crippen molar-refractivity contribution in [3.05, 3.63) is 53.6 Å². The predicted octanol–water partition coefficient (Wildman–Crippen LogP) is 5.40. The minimum Gasteiger partial charge on any atom is -0.490 e. The van der Waals surface area contributed by atoms with Crippen molar-refractivity contribution in [2.24, 2.45) is 0 Å². The van der Waals surface area contributed by atoms with Crippen molar-refractivity contribution >= 4 is 11.6 Å². The fraction of sp³-hybridized carbons (Fsp3) is 0.435. The van der Waals surface area contributed by atoms with E-state index >= 15 is 0 Å². The molecule has 4 heteroatoms. The van der Waals surface area contributed by atoms with Crippen LogP contribution in [-0.4, -0.2) is 19.1 Å². The zero-order chi connectivity index (χ0) is 19.5. The molecule has 1 amide bonds. The Morgan fingerprint density at radius 3 is 2.19 bits per heavy atom. The number of benzene rings is 2. The number of carbonyl (C=O) groups excluding carboxylic acids is 1. The SMILES string of the molecule is CCCCc1ccc(NC(=O)CCc2ccc(OCC)c(OCC)c2)cc1. The van der Waals surface area contributed by atoms with Gasteiger partial charge in [-0.2, -0.15) is 0 Å². The van der Waals surface area contributed by atoms with Crippen molar-refractivity contribution < 1.29 is 14.3 Å². The number of rotatable bonds is 11. The van der Waals surface area contributed by atoms with Gasteiger partial charge in [-0.15, -0.1) is 0 Å². The first-order valence-corrected chi connectivity index (χ1v) is 9.93. The van der Waals surface area contributed by atoms with Crippen molar-refractivity contribution in [2.75, 3.05) is 18.5 Å². The molecule has 0 aliphatic rings. The van der Waals surface area contributed by atoms with E-state index in [2.05, 4.69) is 24.4 Å². The molecule has 2 rings (SSSR count). The van der Waals surface area contributed by atoms with E-state index in [1.165, 1.54) is 18.4 Å². The van der Waals surface area contributed by atoms with Gasteiger partial charge in [0.2, 0.25) is 5.91 Å². The molecule has 0 saturated carbocycles. The van der Waals surface area contributed by atoms with E-state index in [-0.39, 0.29) is 5.91 Å². The number of unbranched alkanes of at least 4 members (excludes halogenated alkanes) is 1. The summed E-state index contributed by atoms with van der Waals surface area (Å²) in [6, 6.07) is 14.0. The Hall–Kier alpha value is -2.49. The van der Waals surface area contributed by atoms with E-state index in [1.807, 2.05) is 44.2 Å². The second-order valence-electron chi connectivity index (χ2n) is 6.50. The van der Waals surface area contributed by atoms with Crippen LogP contribution >= 0.6 is 0 Å². The van der Waals surface area contributed by atoms with Gasteiger partial charge in [0, 0.05) is 12.1 Å². The molecule has 1 N–H and O–H groups in total. The summed E-state index contributed by atoms with van der Waals surface area (Å²) in [6.07, 6.45) is 4.56. The first-order chi connectivity index (χ1) is 13.2. The predicted molar refractivity (Wildman–Crippen MR) is 111 cm³/mol. The number of anilines is 1. The molecule has 2 aromatic carbocycles. The molecule has 4 nitrogen and oxygen atoms in total. The average Bonchev–Trinajstić information content (AvgIpc) is 2.68. The van der Waals surface area contributed by atoms with Crippen LogP contribution in [0.5, 0.6) is 11.5 Å². The van der Waals surface area contributed by atoms with Crippen LogP contribution in [0.4, 0.5) is 5.69 Å². The zero-order valence-electron chi connectivity index (χ0n) is 16.7. The fourth-order valence-corrected chi connectivity index (χ4v) is 2.87. The number of aryl methyl sites for hydroxylation is 2. The van der Waals surface area contributed by atoms with Gasteiger partial charge in [0.15, 0.2) is 11.5 Å². The summed E-state index contributed by atoms with van der Waals surface area (Å²) in [7, 11) is 0. The summed E-state index contributed by atoms with van der Waals surface area (Å²) in [5, 5.41) is 2.97. The van der Waals surface area contributed by atoms with Gasteiger partial charge in [-0.3, -0.25) is 4.79 Å². The number of ether oxygens (including phenoxy) is 2. The van der Waals surface area contributed by atoms with E-state index in [9.17, 15) is 4.79 Å². The molecule has 0 radical (unpaired) electrons. The number of nitrogens with one attached hydrogen (secondary N) is 1. The van der Waals surface area contributed by atoms with Crippen LogP contribution in [0.3, 0.4) is 0 Å². The van der Waals surface area contributed by atoms with Crippen molar-refractivity contribution in [2.45, 2.75) is 52.9 Å². The fourth-order valence-electron chi connectivity index (χ4n) is 2.87. The minimum absolute atomic E-state index is 0.0168. The van der Waals surface area contributed by atoms with Crippen LogP contribution in [0.25, 0.3) is 0 Å². The van der Waals surface area contributed by atoms with E-state index in [4.69, 9.17) is 9.47 Å². The Morgan fingerprint density at radius 2 is 1.52 bits per heavy atom. The van der Waals surface area contributed by atoms with Gasteiger partial charge in [-0.1, -0.05) is 31.5 Å². The molecule has 0 fully saturated rings. The largest absolute Gasteiger partial charge is 0.490 e. The molecule has 0 saturated heterocycles. The highest BCUT2D eigenvalue weighted by Crippen LogP contribution is 2.29. The maximum atomic E-state index is 12.3. The van der Waals surface area contributed by atoms with Gasteiger partial charge in [-0.05, 0) is 68.5 Å². The van der Waals surface area contributed by atoms with E-state index in [0.29, 0.717) is 26.1 Å². The number of carbonyl (C=O) groups is 1. The Labute approximate surface area is 162 Å². The second kappa shape index (κ2) is 11.3. The van der Waals surface area contributed by atoms with Gasteiger partial charge < -0.3 is 14.8 Å². The summed E-state index contributed by atoms with van der Waals surface area (Å²) < 4.78 is 11.2. The summed E-state index contributed by atoms with van der Waals surface area (Å²) in [5.41, 5.74) is 3.22. The normalized spacial score (nSPS) is 10.5. The Balaban J connectivity index is 1.88. The van der Waals surface area contributed by atoms with Gasteiger partial charge in [0.25, 0.3) is 0 Å². The number of amides is 1. The molecule has 0 atom stereocenters. The molecule has 27 heavy (non-hydrogen) atoms. The third-order valence-corrected chi connectivity index (χ3v) is 4.31. The zero-order valence-corrected chi connectivity index (χ0v) is 16.7. The third kappa shape index (κ3) is 6.97. The summed E-state index contributed by atoms with van der Waals surface area (Å²) >= 11 is 0. The first kappa shape index (κ1) is 20.8. The van der Waals surface area contributed by atoms with Crippen molar-refractivity contribution in [1.82, 2.24) is 0 Å². The van der Waals surface area contributed by atoms with Gasteiger partial charge in [0.1, 0.15) is 0 Å². The Kier molecular flexibility index (Phi) is 8.69. The van der Waals surface area contributed by atoms with E-state index < -0.39 is 0 Å². The van der Waals surface area contributed by atoms with Crippen LogP contribution in [0.1, 0.15) is 51.2 Å². The maximum Gasteiger partial charge on any atom is 0.224 e. The monoisotopic (exact) mass is 369 g/mol. The molecule has 0 unspecified atom stereocenters. The topological polar surface area (TPSA) is 47.6 Å². The van der Waals surface area contributed by atoms with Crippen LogP contribution in [0.2, 0.25) is 0 Å². The smallest absolute Gasteiger partial charge is 0.224 e. The van der Waals surface area contributed by atoms with E-state index in [1.54, 1.807) is 0 Å². The first-order valence-electron chi connectivity index (χ1n) is 9.93. The molecule has 0 aliphatic carbocycles. The molecule has 0 aliphatic heterocycles. The third-order valence-electron chi connectivity index (χ3n) is 4.31. The number of hydrogen-bond acceptors (Lipinski definition) is 3. The molecule has 0 heterocycles. The highest BCUT2D eigenvalue weighted by molar-refractivity contribution is 5.90. The Bertz CT molecular complexity index is 710. The minimum atomic E-state index is 0.0168. The maximum absolute atomic E-state index is 12.3. The summed E-state index contributed by atoms with van der Waals surface area (Å²) in [6.45, 7) is 7.27. The molecular formula is C23H31NO3. The molecule has 146 valence electrons. The van der Waals surface area contributed by atoms with Crippen LogP contribution in [-0.2, 0) is 17.6 Å². The summed E-state index contributed by atoms with van der Waals surface area (Å²) in [4.78, 5) is 12.3. The lowest BCUT2D eigenvalue weighted by Gasteiger charge is -2.12. The average molecular weight is 370 g/mol. The van der Waals surface area contributed by atoms with Crippen molar-refractivity contribution in [3.8, 4) is 11.5 Å². The van der Waals surface area contributed by atoms with Crippen molar-refractivity contribution in [3.63, 3.8) is 0 Å². The summed E-state index contributed by atoms with van der Waals surface area (Å²) in [5.74, 6) is 1.50. The lowest BCUT2D eigenvalue weighted by atomic mass is 10.1. The van der Waals surface area contributed by atoms with E-state index in [0.717, 1.165) is 29.2 Å². The Morgan fingerprint density at radius 1 is 0.852 bits per heavy atom. The second-order valence-corrected chi connectivity index (χ2v) is 6.50. The van der Waals surface area contributed by atoms with Crippen LogP contribution < -0.4 is 14.8 Å². The van der Waals surface area contributed by atoms with Crippen molar-refractivity contribution in [1.29, 1.82) is 0 Å². The molecular weight excluding hydrogens is 338 g/mol. The quantitative estimate of drug-likeness (QED) is 0.577. The van der Waals surface area contributed by atoms with Gasteiger partial charge in [0.05, 0.1) is 13.2 Å².